The number of hydrogen-bond donors (Lipinski definition) is 0. The van der Waals surface area contributed by atoms with Gasteiger partial charge in [0.05, 0.1) is 18.2 Å². The summed E-state index contributed by atoms with van der Waals surface area (Å²) in [7, 11) is 1.58. The molecule has 0 atom stereocenters. The number of benzene rings is 2. The Morgan fingerprint density at radius 1 is 1.25 bits per heavy atom. The first-order valence-corrected chi connectivity index (χ1v) is 9.96. The Kier molecular flexibility index (Phi) is 6.52. The standard InChI is InChI=1S/C22H22BrNO4/c1-3-28-22-18(23)13-15(14-20(22)27-2)6-11-19(25)16-7-9-17(10-8-16)24-12-4-5-21(24)26/h6-11,13-14H,3-5,12H2,1-2H3/b11-6+. The van der Waals surface area contributed by atoms with Crippen LogP contribution in [0.5, 0.6) is 11.5 Å². The highest BCUT2D eigenvalue weighted by Crippen LogP contribution is 2.37. The van der Waals surface area contributed by atoms with E-state index < -0.39 is 0 Å². The van der Waals surface area contributed by atoms with Gasteiger partial charge in [0.2, 0.25) is 5.91 Å². The van der Waals surface area contributed by atoms with Crippen molar-refractivity contribution in [3.8, 4) is 11.5 Å². The Labute approximate surface area is 173 Å². The van der Waals surface area contributed by atoms with Gasteiger partial charge in [-0.15, -0.1) is 0 Å². The highest BCUT2D eigenvalue weighted by Gasteiger charge is 2.21. The summed E-state index contributed by atoms with van der Waals surface area (Å²) in [6.45, 7) is 3.17. The van der Waals surface area contributed by atoms with Crippen LogP contribution in [0.25, 0.3) is 6.08 Å². The smallest absolute Gasteiger partial charge is 0.227 e. The van der Waals surface area contributed by atoms with E-state index in [1.807, 2.05) is 31.2 Å². The minimum Gasteiger partial charge on any atom is -0.493 e. The predicted molar refractivity (Wildman–Crippen MR) is 113 cm³/mol. The second kappa shape index (κ2) is 9.06. The van der Waals surface area contributed by atoms with Crippen molar-refractivity contribution in [2.75, 3.05) is 25.2 Å². The molecule has 0 radical (unpaired) electrons. The number of carbonyl (C=O) groups is 2. The van der Waals surface area contributed by atoms with Gasteiger partial charge in [-0.25, -0.2) is 0 Å². The Hall–Kier alpha value is -2.60. The Morgan fingerprint density at radius 3 is 2.61 bits per heavy atom. The van der Waals surface area contributed by atoms with Crippen molar-refractivity contribution < 1.29 is 19.1 Å². The number of ether oxygens (including phenoxy) is 2. The van der Waals surface area contributed by atoms with Gasteiger partial charge in [0, 0.05) is 24.2 Å². The minimum absolute atomic E-state index is 0.108. The van der Waals surface area contributed by atoms with Gasteiger partial charge >= 0.3 is 0 Å². The molecule has 0 N–H and O–H groups in total. The van der Waals surface area contributed by atoms with Crippen molar-refractivity contribution in [1.82, 2.24) is 0 Å². The number of rotatable bonds is 7. The Balaban J connectivity index is 1.74. The van der Waals surface area contributed by atoms with E-state index in [4.69, 9.17) is 9.47 Å². The zero-order valence-electron chi connectivity index (χ0n) is 15.9. The van der Waals surface area contributed by atoms with Crippen molar-refractivity contribution in [2.45, 2.75) is 19.8 Å². The van der Waals surface area contributed by atoms with Crippen LogP contribution in [0.4, 0.5) is 5.69 Å². The molecule has 1 saturated heterocycles. The molecule has 146 valence electrons. The van der Waals surface area contributed by atoms with E-state index in [0.29, 0.717) is 30.1 Å². The number of halogens is 1. The molecule has 2 aromatic carbocycles. The fourth-order valence-corrected chi connectivity index (χ4v) is 3.69. The van der Waals surface area contributed by atoms with Gasteiger partial charge in [-0.2, -0.15) is 0 Å². The van der Waals surface area contributed by atoms with Crippen LogP contribution < -0.4 is 14.4 Å². The number of methoxy groups -OCH3 is 1. The number of hydrogen-bond acceptors (Lipinski definition) is 4. The predicted octanol–water partition coefficient (Wildman–Crippen LogP) is 4.88. The van der Waals surface area contributed by atoms with Gasteiger partial charge < -0.3 is 14.4 Å². The molecule has 1 aliphatic rings. The maximum atomic E-state index is 12.5. The van der Waals surface area contributed by atoms with Crippen LogP contribution in [0.3, 0.4) is 0 Å². The van der Waals surface area contributed by atoms with Gasteiger partial charge in [-0.05, 0) is 77.3 Å². The molecule has 1 fully saturated rings. The first-order chi connectivity index (χ1) is 13.5. The Morgan fingerprint density at radius 2 is 2.00 bits per heavy atom. The fourth-order valence-electron chi connectivity index (χ4n) is 3.12. The monoisotopic (exact) mass is 443 g/mol. The zero-order chi connectivity index (χ0) is 20.1. The Bertz CT molecular complexity index is 905. The van der Waals surface area contributed by atoms with Crippen LogP contribution in [0.2, 0.25) is 0 Å². The lowest BCUT2D eigenvalue weighted by atomic mass is 10.1. The van der Waals surface area contributed by atoms with Crippen LogP contribution >= 0.6 is 15.9 Å². The summed E-state index contributed by atoms with van der Waals surface area (Å²) < 4.78 is 11.7. The normalized spacial score (nSPS) is 14.0. The third-order valence-corrected chi connectivity index (χ3v) is 5.09. The summed E-state index contributed by atoms with van der Waals surface area (Å²) in [6, 6.07) is 10.8. The molecule has 0 bridgehead atoms. The van der Waals surface area contributed by atoms with E-state index in [2.05, 4.69) is 15.9 Å². The number of anilines is 1. The van der Waals surface area contributed by atoms with E-state index in [1.165, 1.54) is 6.08 Å². The lowest BCUT2D eigenvalue weighted by Gasteiger charge is -2.15. The number of allylic oxidation sites excluding steroid dienone is 1. The molecule has 0 spiro atoms. The number of carbonyl (C=O) groups excluding carboxylic acids is 2. The van der Waals surface area contributed by atoms with E-state index >= 15 is 0 Å². The molecule has 0 saturated carbocycles. The molecule has 6 heteroatoms. The molecule has 5 nitrogen and oxygen atoms in total. The molecule has 0 aromatic heterocycles. The highest BCUT2D eigenvalue weighted by molar-refractivity contribution is 9.10. The second-order valence-corrected chi connectivity index (χ2v) is 7.21. The quantitative estimate of drug-likeness (QED) is 0.451. The highest BCUT2D eigenvalue weighted by atomic mass is 79.9. The summed E-state index contributed by atoms with van der Waals surface area (Å²) in [5.41, 5.74) is 2.23. The zero-order valence-corrected chi connectivity index (χ0v) is 17.5. The summed E-state index contributed by atoms with van der Waals surface area (Å²) in [6.07, 6.45) is 4.73. The molecule has 2 aromatic rings. The van der Waals surface area contributed by atoms with Crippen LogP contribution in [0, 0.1) is 0 Å². The van der Waals surface area contributed by atoms with E-state index in [1.54, 1.807) is 30.2 Å². The van der Waals surface area contributed by atoms with Gasteiger partial charge in [0.25, 0.3) is 0 Å². The molecular weight excluding hydrogens is 422 g/mol. The van der Waals surface area contributed by atoms with Crippen molar-refractivity contribution in [1.29, 1.82) is 0 Å². The average molecular weight is 444 g/mol. The third-order valence-electron chi connectivity index (χ3n) is 4.50. The van der Waals surface area contributed by atoms with Gasteiger partial charge in [0.15, 0.2) is 17.3 Å². The lowest BCUT2D eigenvalue weighted by Crippen LogP contribution is -2.23. The molecule has 28 heavy (non-hydrogen) atoms. The molecular formula is C22H22BrNO4. The topological polar surface area (TPSA) is 55.8 Å². The summed E-state index contributed by atoms with van der Waals surface area (Å²) in [4.78, 5) is 26.1. The minimum atomic E-state index is -0.108. The molecule has 1 amide bonds. The van der Waals surface area contributed by atoms with E-state index in [9.17, 15) is 9.59 Å². The van der Waals surface area contributed by atoms with E-state index in [-0.39, 0.29) is 11.7 Å². The van der Waals surface area contributed by atoms with Gasteiger partial charge in [0.1, 0.15) is 0 Å². The summed E-state index contributed by atoms with van der Waals surface area (Å²) in [5, 5.41) is 0. The largest absolute Gasteiger partial charge is 0.493 e. The van der Waals surface area contributed by atoms with Crippen molar-refractivity contribution >= 4 is 39.4 Å². The summed E-state index contributed by atoms with van der Waals surface area (Å²) >= 11 is 3.48. The first kappa shape index (κ1) is 20.1. The van der Waals surface area contributed by atoms with E-state index in [0.717, 1.165) is 28.7 Å². The van der Waals surface area contributed by atoms with Gasteiger partial charge in [-0.1, -0.05) is 6.08 Å². The van der Waals surface area contributed by atoms with Crippen LogP contribution in [0.15, 0.2) is 46.9 Å². The average Bonchev–Trinajstić information content (AvgIpc) is 3.13. The van der Waals surface area contributed by atoms with Crippen LogP contribution in [-0.2, 0) is 4.79 Å². The number of nitrogens with zero attached hydrogens (tertiary/aromatic N) is 1. The lowest BCUT2D eigenvalue weighted by molar-refractivity contribution is -0.117. The van der Waals surface area contributed by atoms with Crippen molar-refractivity contribution in [2.24, 2.45) is 0 Å². The maximum absolute atomic E-state index is 12.5. The fraction of sp³-hybridized carbons (Fsp3) is 0.273. The molecule has 0 aliphatic carbocycles. The second-order valence-electron chi connectivity index (χ2n) is 6.36. The van der Waals surface area contributed by atoms with Crippen molar-refractivity contribution in [3.63, 3.8) is 0 Å². The number of ketones is 1. The van der Waals surface area contributed by atoms with Gasteiger partial charge in [-0.3, -0.25) is 9.59 Å². The van der Waals surface area contributed by atoms with Crippen LogP contribution in [0.1, 0.15) is 35.7 Å². The summed E-state index contributed by atoms with van der Waals surface area (Å²) in [5.74, 6) is 1.26. The molecule has 0 unspecified atom stereocenters. The molecule has 1 aliphatic heterocycles. The maximum Gasteiger partial charge on any atom is 0.227 e. The number of amides is 1. The molecule has 3 rings (SSSR count). The SMILES string of the molecule is CCOc1c(Br)cc(/C=C/C(=O)c2ccc(N3CCCC3=O)cc2)cc1OC. The van der Waals surface area contributed by atoms with Crippen LogP contribution in [-0.4, -0.2) is 32.0 Å². The first-order valence-electron chi connectivity index (χ1n) is 9.16. The molecule has 1 heterocycles. The third kappa shape index (κ3) is 4.44. The van der Waals surface area contributed by atoms with Crippen molar-refractivity contribution in [3.05, 3.63) is 58.1 Å².